The second-order valence-electron chi connectivity index (χ2n) is 9.68. The van der Waals surface area contributed by atoms with E-state index >= 15 is 0 Å². The largest absolute Gasteiger partial charge is 0.357 e. The lowest BCUT2D eigenvalue weighted by Crippen LogP contribution is -2.79. The van der Waals surface area contributed by atoms with Crippen LogP contribution < -0.4 is 5.32 Å². The molecule has 1 spiro atoms. The molecule has 1 aromatic rings. The Hall–Kier alpha value is -0.900. The molecule has 1 N–H and O–H groups in total. The monoisotopic (exact) mass is 398 g/mol. The molecular weight excluding hydrogens is 356 g/mol. The highest BCUT2D eigenvalue weighted by molar-refractivity contribution is 5.25. The van der Waals surface area contributed by atoms with Crippen LogP contribution >= 0.6 is 0 Å². The molecule has 3 fully saturated rings. The molecule has 3 heteroatoms. The van der Waals surface area contributed by atoms with E-state index < -0.39 is 0 Å². The third-order valence-electron chi connectivity index (χ3n) is 7.98. The third-order valence-corrected chi connectivity index (χ3v) is 7.98. The number of hydrogen-bond acceptors (Lipinski definition) is 3. The molecule has 0 aromatic heterocycles. The summed E-state index contributed by atoms with van der Waals surface area (Å²) >= 11 is 0. The lowest BCUT2D eigenvalue weighted by atomic mass is 9.66. The van der Waals surface area contributed by atoms with Crippen molar-refractivity contribution in [2.75, 3.05) is 13.2 Å². The minimum atomic E-state index is -0.143. The maximum atomic E-state index is 6.92. The SMILES string of the molecule is CCCCC[C@@H]1CCC[C@@]23CCCN[C@]2(CCCC)OC[C@@H](c2ccccc2)N13. The molecule has 0 unspecified atom stereocenters. The first kappa shape index (κ1) is 21.3. The fraction of sp³-hybridized carbons (Fsp3) is 0.769. The highest BCUT2D eigenvalue weighted by Crippen LogP contribution is 2.54. The summed E-state index contributed by atoms with van der Waals surface area (Å²) < 4.78 is 6.92. The molecular formula is C26H42N2O. The number of morpholine rings is 1. The molecule has 4 atom stereocenters. The van der Waals surface area contributed by atoms with Crippen molar-refractivity contribution in [2.45, 2.75) is 114 Å². The molecule has 3 aliphatic heterocycles. The molecule has 3 aliphatic rings. The van der Waals surface area contributed by atoms with Gasteiger partial charge in [0.05, 0.1) is 18.2 Å². The van der Waals surface area contributed by atoms with Gasteiger partial charge in [-0.05, 0) is 63.5 Å². The smallest absolute Gasteiger partial charge is 0.137 e. The van der Waals surface area contributed by atoms with Gasteiger partial charge in [0, 0.05) is 6.04 Å². The zero-order valence-electron chi connectivity index (χ0n) is 18.8. The van der Waals surface area contributed by atoms with Crippen LogP contribution in [-0.2, 0) is 4.74 Å². The summed E-state index contributed by atoms with van der Waals surface area (Å²) in [7, 11) is 0. The van der Waals surface area contributed by atoms with E-state index in [2.05, 4.69) is 54.4 Å². The van der Waals surface area contributed by atoms with Crippen molar-refractivity contribution >= 4 is 0 Å². The quantitative estimate of drug-likeness (QED) is 0.528. The van der Waals surface area contributed by atoms with Gasteiger partial charge in [0.15, 0.2) is 0 Å². The van der Waals surface area contributed by atoms with Crippen molar-refractivity contribution in [1.29, 1.82) is 0 Å². The molecule has 3 heterocycles. The van der Waals surface area contributed by atoms with E-state index in [1.54, 1.807) is 0 Å². The van der Waals surface area contributed by atoms with Crippen molar-refractivity contribution in [3.8, 4) is 0 Å². The summed E-state index contributed by atoms with van der Waals surface area (Å²) in [4.78, 5) is 3.01. The number of nitrogens with zero attached hydrogens (tertiary/aromatic N) is 1. The zero-order chi connectivity index (χ0) is 20.2. The molecule has 0 amide bonds. The molecule has 0 aliphatic carbocycles. The van der Waals surface area contributed by atoms with Crippen LogP contribution in [0.1, 0.15) is 103 Å². The van der Waals surface area contributed by atoms with Crippen LogP contribution in [0.25, 0.3) is 0 Å². The number of benzene rings is 1. The van der Waals surface area contributed by atoms with Gasteiger partial charge in [-0.15, -0.1) is 0 Å². The predicted molar refractivity (Wildman–Crippen MR) is 121 cm³/mol. The van der Waals surface area contributed by atoms with E-state index in [0.717, 1.165) is 19.6 Å². The van der Waals surface area contributed by atoms with Gasteiger partial charge >= 0.3 is 0 Å². The average molecular weight is 399 g/mol. The first-order chi connectivity index (χ1) is 14.3. The summed E-state index contributed by atoms with van der Waals surface area (Å²) in [6, 6.07) is 12.3. The Kier molecular flexibility index (Phi) is 6.98. The molecule has 162 valence electrons. The van der Waals surface area contributed by atoms with E-state index in [1.165, 1.54) is 76.2 Å². The molecule has 1 aromatic carbocycles. The van der Waals surface area contributed by atoms with Gasteiger partial charge in [-0.3, -0.25) is 10.2 Å². The second kappa shape index (κ2) is 9.49. The van der Waals surface area contributed by atoms with E-state index in [9.17, 15) is 0 Å². The Balaban J connectivity index is 1.72. The topological polar surface area (TPSA) is 24.5 Å². The molecule has 0 bridgehead atoms. The third kappa shape index (κ3) is 3.91. The van der Waals surface area contributed by atoms with Crippen molar-refractivity contribution in [3.05, 3.63) is 35.9 Å². The minimum Gasteiger partial charge on any atom is -0.357 e. The molecule has 4 rings (SSSR count). The van der Waals surface area contributed by atoms with Gasteiger partial charge in [-0.2, -0.15) is 0 Å². The van der Waals surface area contributed by atoms with Gasteiger partial charge in [-0.1, -0.05) is 69.9 Å². The molecule has 0 radical (unpaired) electrons. The number of hydrogen-bond donors (Lipinski definition) is 1. The molecule has 0 saturated carbocycles. The van der Waals surface area contributed by atoms with Crippen LogP contribution in [0.5, 0.6) is 0 Å². The van der Waals surface area contributed by atoms with Crippen LogP contribution in [0.3, 0.4) is 0 Å². The van der Waals surface area contributed by atoms with Gasteiger partial charge in [0.1, 0.15) is 5.72 Å². The van der Waals surface area contributed by atoms with Crippen molar-refractivity contribution in [1.82, 2.24) is 10.2 Å². The Bertz CT molecular complexity index is 631. The summed E-state index contributed by atoms with van der Waals surface area (Å²) in [6.07, 6.45) is 15.6. The number of ether oxygens (including phenoxy) is 1. The van der Waals surface area contributed by atoms with E-state index in [4.69, 9.17) is 4.74 Å². The normalized spacial score (nSPS) is 35.1. The maximum Gasteiger partial charge on any atom is 0.137 e. The van der Waals surface area contributed by atoms with Crippen LogP contribution in [0, 0.1) is 0 Å². The Morgan fingerprint density at radius 1 is 1.03 bits per heavy atom. The molecule has 3 nitrogen and oxygen atoms in total. The second-order valence-corrected chi connectivity index (χ2v) is 9.68. The van der Waals surface area contributed by atoms with Gasteiger partial charge < -0.3 is 4.74 Å². The fourth-order valence-electron chi connectivity index (χ4n) is 6.65. The number of unbranched alkanes of at least 4 members (excludes halogenated alkanes) is 3. The summed E-state index contributed by atoms with van der Waals surface area (Å²) in [5, 5.41) is 3.96. The van der Waals surface area contributed by atoms with Crippen LogP contribution in [0.2, 0.25) is 0 Å². The summed E-state index contributed by atoms with van der Waals surface area (Å²) in [5.74, 6) is 0. The highest BCUT2D eigenvalue weighted by Gasteiger charge is 2.63. The fourth-order valence-corrected chi connectivity index (χ4v) is 6.65. The number of nitrogens with one attached hydrogen (secondary N) is 1. The van der Waals surface area contributed by atoms with Crippen LogP contribution in [-0.4, -0.2) is 35.4 Å². The summed E-state index contributed by atoms with van der Waals surface area (Å²) in [6.45, 7) is 6.57. The predicted octanol–water partition coefficient (Wildman–Crippen LogP) is 6.20. The van der Waals surface area contributed by atoms with Crippen molar-refractivity contribution in [3.63, 3.8) is 0 Å². The maximum absolute atomic E-state index is 6.92. The minimum absolute atomic E-state index is 0.143. The lowest BCUT2D eigenvalue weighted by molar-refractivity contribution is -0.275. The highest BCUT2D eigenvalue weighted by atomic mass is 16.5. The Morgan fingerprint density at radius 3 is 2.62 bits per heavy atom. The Labute approximate surface area is 178 Å². The standard InChI is InChI=1S/C26H42N2O/c1-3-5-8-15-23-16-11-17-25-18-12-20-27-26(25,19-6-4-2)29-21-24(28(23)25)22-13-9-7-10-14-22/h7,9-10,13-14,23-24,27H,3-6,8,11-12,15-21H2,1-2H3/t23-,24+,25-,26-/m1/s1. The molecule has 29 heavy (non-hydrogen) atoms. The van der Waals surface area contributed by atoms with E-state index in [0.29, 0.717) is 12.1 Å². The van der Waals surface area contributed by atoms with Gasteiger partial charge in [0.2, 0.25) is 0 Å². The van der Waals surface area contributed by atoms with Crippen LogP contribution in [0.4, 0.5) is 0 Å². The van der Waals surface area contributed by atoms with E-state index in [-0.39, 0.29) is 11.3 Å². The summed E-state index contributed by atoms with van der Waals surface area (Å²) in [5.41, 5.74) is 1.47. The number of rotatable bonds is 8. The van der Waals surface area contributed by atoms with Crippen LogP contribution in [0.15, 0.2) is 30.3 Å². The zero-order valence-corrected chi connectivity index (χ0v) is 18.8. The van der Waals surface area contributed by atoms with Crippen molar-refractivity contribution in [2.24, 2.45) is 0 Å². The molecule has 3 saturated heterocycles. The van der Waals surface area contributed by atoms with Gasteiger partial charge in [-0.25, -0.2) is 0 Å². The van der Waals surface area contributed by atoms with E-state index in [1.807, 2.05) is 0 Å². The lowest BCUT2D eigenvalue weighted by Gasteiger charge is -2.67. The van der Waals surface area contributed by atoms with Gasteiger partial charge in [0.25, 0.3) is 0 Å². The van der Waals surface area contributed by atoms with Crippen molar-refractivity contribution < 1.29 is 4.74 Å². The first-order valence-corrected chi connectivity index (χ1v) is 12.5. The average Bonchev–Trinajstić information content (AvgIpc) is 2.77. The first-order valence-electron chi connectivity index (χ1n) is 12.5. The Morgan fingerprint density at radius 2 is 1.83 bits per heavy atom. The number of piperidine rings is 2.